The third-order valence-corrected chi connectivity index (χ3v) is 2.60. The average Bonchev–Trinajstić information content (AvgIpc) is 2.12. The van der Waals surface area contributed by atoms with Gasteiger partial charge < -0.3 is 10.6 Å². The van der Waals surface area contributed by atoms with Crippen LogP contribution in [0.4, 0.5) is 0 Å². The van der Waals surface area contributed by atoms with E-state index in [9.17, 15) is 4.79 Å². The summed E-state index contributed by atoms with van der Waals surface area (Å²) in [5.41, 5.74) is 0. The summed E-state index contributed by atoms with van der Waals surface area (Å²) in [5, 5.41) is 5.95. The van der Waals surface area contributed by atoms with Gasteiger partial charge in [-0.15, -0.1) is 0 Å². The zero-order valence-electron chi connectivity index (χ0n) is 8.72. The van der Waals surface area contributed by atoms with Gasteiger partial charge in [-0.3, -0.25) is 4.79 Å². The van der Waals surface area contributed by atoms with Crippen molar-refractivity contribution in [2.75, 3.05) is 32.1 Å². The second-order valence-electron chi connectivity index (χ2n) is 3.10. The molecule has 3 nitrogen and oxygen atoms in total. The number of carbonyl (C=O) groups is 1. The number of nitrogens with one attached hydrogen (secondary N) is 2. The molecule has 4 heteroatoms. The highest BCUT2D eigenvalue weighted by molar-refractivity contribution is 7.98. The Kier molecular flexibility index (Phi) is 8.24. The molecule has 0 radical (unpaired) electrons. The Balaban J connectivity index is 3.38. The number of amides is 1. The maximum atomic E-state index is 11.4. The molecule has 0 aromatic rings. The van der Waals surface area contributed by atoms with E-state index in [1.165, 1.54) is 0 Å². The fourth-order valence-electron chi connectivity index (χ4n) is 0.977. The lowest BCUT2D eigenvalue weighted by Crippen LogP contribution is -2.32. The number of rotatable bonds is 7. The maximum absolute atomic E-state index is 11.4. The first-order chi connectivity index (χ1) is 6.22. The minimum Gasteiger partial charge on any atom is -0.356 e. The van der Waals surface area contributed by atoms with Gasteiger partial charge in [0.2, 0.25) is 5.91 Å². The van der Waals surface area contributed by atoms with E-state index >= 15 is 0 Å². The van der Waals surface area contributed by atoms with E-state index in [0.717, 1.165) is 25.3 Å². The Morgan fingerprint density at radius 1 is 1.46 bits per heavy atom. The van der Waals surface area contributed by atoms with Crippen molar-refractivity contribution in [1.82, 2.24) is 10.6 Å². The summed E-state index contributed by atoms with van der Waals surface area (Å²) < 4.78 is 0. The Morgan fingerprint density at radius 3 is 2.69 bits per heavy atom. The lowest BCUT2D eigenvalue weighted by molar-refractivity contribution is -0.123. The first-order valence-corrected chi connectivity index (χ1v) is 6.03. The third kappa shape index (κ3) is 6.90. The van der Waals surface area contributed by atoms with Crippen LogP contribution in [0, 0.1) is 5.92 Å². The fourth-order valence-corrected chi connectivity index (χ4v) is 1.63. The smallest absolute Gasteiger partial charge is 0.223 e. The lowest BCUT2D eigenvalue weighted by Gasteiger charge is -2.10. The van der Waals surface area contributed by atoms with Crippen LogP contribution >= 0.6 is 11.8 Å². The Bertz CT molecular complexity index is 142. The van der Waals surface area contributed by atoms with Crippen molar-refractivity contribution in [3.63, 3.8) is 0 Å². The molecule has 13 heavy (non-hydrogen) atoms. The predicted octanol–water partition coefficient (Wildman–Crippen LogP) is 0.711. The molecule has 78 valence electrons. The largest absolute Gasteiger partial charge is 0.356 e. The normalized spacial score (nSPS) is 12.5. The molecule has 0 aliphatic rings. The molecule has 0 heterocycles. The molecule has 0 saturated carbocycles. The van der Waals surface area contributed by atoms with Gasteiger partial charge in [-0.05, 0) is 26.3 Å². The van der Waals surface area contributed by atoms with E-state index in [4.69, 9.17) is 0 Å². The molecule has 0 fully saturated rings. The minimum absolute atomic E-state index is 0.129. The van der Waals surface area contributed by atoms with Crippen LogP contribution in [0.2, 0.25) is 0 Å². The number of hydrogen-bond acceptors (Lipinski definition) is 3. The van der Waals surface area contributed by atoms with Crippen LogP contribution in [0.1, 0.15) is 13.3 Å². The Morgan fingerprint density at radius 2 is 2.15 bits per heavy atom. The zero-order chi connectivity index (χ0) is 10.1. The summed E-state index contributed by atoms with van der Waals surface area (Å²) in [4.78, 5) is 11.4. The van der Waals surface area contributed by atoms with Gasteiger partial charge in [-0.2, -0.15) is 11.8 Å². The van der Waals surface area contributed by atoms with E-state index in [1.807, 2.05) is 20.2 Å². The van der Waals surface area contributed by atoms with Crippen molar-refractivity contribution in [1.29, 1.82) is 0 Å². The third-order valence-electron chi connectivity index (χ3n) is 1.77. The topological polar surface area (TPSA) is 41.1 Å². The lowest BCUT2D eigenvalue weighted by atomic mass is 10.2. The van der Waals surface area contributed by atoms with Crippen LogP contribution in [0.25, 0.3) is 0 Å². The molecular formula is C9H20N2OS. The molecule has 0 aromatic heterocycles. The van der Waals surface area contributed by atoms with Crippen molar-refractivity contribution in [2.24, 2.45) is 5.92 Å². The number of hydrogen-bond donors (Lipinski definition) is 2. The van der Waals surface area contributed by atoms with Gasteiger partial charge in [0.1, 0.15) is 0 Å². The first-order valence-electron chi connectivity index (χ1n) is 4.63. The molecule has 1 amide bonds. The predicted molar refractivity (Wildman–Crippen MR) is 59.1 cm³/mol. The maximum Gasteiger partial charge on any atom is 0.223 e. The Hall–Kier alpha value is -0.220. The van der Waals surface area contributed by atoms with Gasteiger partial charge >= 0.3 is 0 Å². The quantitative estimate of drug-likeness (QED) is 0.600. The summed E-state index contributed by atoms with van der Waals surface area (Å²) >= 11 is 1.71. The van der Waals surface area contributed by atoms with Crippen molar-refractivity contribution in [2.45, 2.75) is 13.3 Å². The molecule has 2 N–H and O–H groups in total. The summed E-state index contributed by atoms with van der Waals surface area (Å²) in [6.45, 7) is 3.69. The molecule has 0 aliphatic heterocycles. The number of thioether (sulfide) groups is 1. The molecule has 0 saturated heterocycles. The van der Waals surface area contributed by atoms with Gasteiger partial charge in [0.25, 0.3) is 0 Å². The molecule has 0 spiro atoms. The molecule has 1 atom stereocenters. The van der Waals surface area contributed by atoms with E-state index in [0.29, 0.717) is 0 Å². The number of carbonyl (C=O) groups excluding carboxylic acids is 1. The fraction of sp³-hybridized carbons (Fsp3) is 0.889. The van der Waals surface area contributed by atoms with Crippen LogP contribution in [0.15, 0.2) is 0 Å². The van der Waals surface area contributed by atoms with Gasteiger partial charge in [0.15, 0.2) is 0 Å². The summed E-state index contributed by atoms with van der Waals surface area (Å²) in [6.07, 6.45) is 3.01. The average molecular weight is 204 g/mol. The first kappa shape index (κ1) is 12.8. The standard InChI is InChI=1S/C9H20N2OS/c1-8(7-13-3)9(12)11-6-4-5-10-2/h8,10H,4-7H2,1-3H3,(H,11,12). The van der Waals surface area contributed by atoms with Crippen molar-refractivity contribution in [3.8, 4) is 0 Å². The second-order valence-corrected chi connectivity index (χ2v) is 4.02. The van der Waals surface area contributed by atoms with Crippen molar-refractivity contribution >= 4 is 17.7 Å². The van der Waals surface area contributed by atoms with Gasteiger partial charge in [0.05, 0.1) is 0 Å². The van der Waals surface area contributed by atoms with Crippen LogP contribution in [0.5, 0.6) is 0 Å². The zero-order valence-corrected chi connectivity index (χ0v) is 9.54. The monoisotopic (exact) mass is 204 g/mol. The molecule has 0 rings (SSSR count). The van der Waals surface area contributed by atoms with Crippen LogP contribution in [0.3, 0.4) is 0 Å². The van der Waals surface area contributed by atoms with Gasteiger partial charge in [-0.25, -0.2) is 0 Å². The highest BCUT2D eigenvalue weighted by Gasteiger charge is 2.10. The molecule has 0 aliphatic carbocycles. The van der Waals surface area contributed by atoms with Crippen LogP contribution in [-0.4, -0.2) is 38.1 Å². The minimum atomic E-state index is 0.129. The molecule has 0 bridgehead atoms. The van der Waals surface area contributed by atoms with E-state index < -0.39 is 0 Å². The van der Waals surface area contributed by atoms with Gasteiger partial charge in [0, 0.05) is 18.2 Å². The van der Waals surface area contributed by atoms with E-state index in [1.54, 1.807) is 11.8 Å². The highest BCUT2D eigenvalue weighted by Crippen LogP contribution is 2.03. The van der Waals surface area contributed by atoms with Crippen molar-refractivity contribution < 1.29 is 4.79 Å². The van der Waals surface area contributed by atoms with Gasteiger partial charge in [-0.1, -0.05) is 6.92 Å². The summed E-state index contributed by atoms with van der Waals surface area (Å²) in [6, 6.07) is 0. The molecule has 1 unspecified atom stereocenters. The molecular weight excluding hydrogens is 184 g/mol. The Labute approximate surface area is 85.0 Å². The SMILES string of the molecule is CNCCCNC(=O)C(C)CSC. The van der Waals surface area contributed by atoms with Crippen molar-refractivity contribution in [3.05, 3.63) is 0 Å². The van der Waals surface area contributed by atoms with E-state index in [-0.39, 0.29) is 11.8 Å². The summed E-state index contributed by atoms with van der Waals surface area (Å²) in [7, 11) is 1.91. The highest BCUT2D eigenvalue weighted by atomic mass is 32.2. The van der Waals surface area contributed by atoms with Crippen LogP contribution in [-0.2, 0) is 4.79 Å². The molecule has 0 aromatic carbocycles. The van der Waals surface area contributed by atoms with Crippen LogP contribution < -0.4 is 10.6 Å². The van der Waals surface area contributed by atoms with E-state index in [2.05, 4.69) is 10.6 Å². The second kappa shape index (κ2) is 8.38. The summed E-state index contributed by atoms with van der Waals surface area (Å²) in [5.74, 6) is 1.20.